The minimum Gasteiger partial charge on any atom is -0.497 e. The molecule has 0 saturated carbocycles. The molecule has 0 fully saturated rings. The smallest absolute Gasteiger partial charge is 0.244 e. The topological polar surface area (TPSA) is 69.2 Å². The van der Waals surface area contributed by atoms with E-state index in [1.54, 1.807) is 39.7 Å². The molecule has 0 aromatic heterocycles. The van der Waals surface area contributed by atoms with Crippen molar-refractivity contribution in [3.8, 4) is 17.2 Å². The summed E-state index contributed by atoms with van der Waals surface area (Å²) in [5.74, 6) is 1.72. The largest absolute Gasteiger partial charge is 0.497 e. The molecule has 0 aliphatic rings. The lowest BCUT2D eigenvalue weighted by atomic mass is 10.1. The molecule has 0 radical (unpaired) electrons. The number of amides is 1. The number of carbonyl (C=O) groups excluding carboxylic acids is 1. The van der Waals surface area contributed by atoms with E-state index in [0.717, 1.165) is 16.9 Å². The average molecular weight is 328 g/mol. The Kier molecular flexibility index (Phi) is 6.19. The molecule has 2 aromatic carbocycles. The van der Waals surface area contributed by atoms with Crippen molar-refractivity contribution < 1.29 is 19.0 Å². The first-order valence-corrected chi connectivity index (χ1v) is 7.33. The van der Waals surface area contributed by atoms with Gasteiger partial charge in [0.2, 0.25) is 5.91 Å². The predicted octanol–water partition coefficient (Wildman–Crippen LogP) is 2.41. The zero-order valence-corrected chi connectivity index (χ0v) is 13.9. The number of nitrogens with one attached hydrogen (secondary N) is 1. The summed E-state index contributed by atoms with van der Waals surface area (Å²) in [6.45, 7) is 0. The van der Waals surface area contributed by atoms with Crippen LogP contribution in [0.2, 0.25) is 0 Å². The molecule has 126 valence electrons. The van der Waals surface area contributed by atoms with Crippen LogP contribution >= 0.6 is 0 Å². The van der Waals surface area contributed by atoms with Gasteiger partial charge in [-0.2, -0.15) is 5.10 Å². The maximum Gasteiger partial charge on any atom is 0.244 e. The van der Waals surface area contributed by atoms with Crippen LogP contribution in [0.5, 0.6) is 17.2 Å². The zero-order valence-electron chi connectivity index (χ0n) is 13.9. The lowest BCUT2D eigenvalue weighted by Crippen LogP contribution is -2.19. The normalized spacial score (nSPS) is 10.5. The zero-order chi connectivity index (χ0) is 17.4. The van der Waals surface area contributed by atoms with Gasteiger partial charge in [0.25, 0.3) is 0 Å². The molecule has 0 aliphatic carbocycles. The summed E-state index contributed by atoms with van der Waals surface area (Å²) in [5.41, 5.74) is 4.14. The summed E-state index contributed by atoms with van der Waals surface area (Å²) in [6, 6.07) is 12.7. The van der Waals surface area contributed by atoms with Crippen LogP contribution in [0.3, 0.4) is 0 Å². The summed E-state index contributed by atoms with van der Waals surface area (Å²) in [4.78, 5) is 12.0. The number of hydrogen-bond acceptors (Lipinski definition) is 5. The van der Waals surface area contributed by atoms with Gasteiger partial charge in [0.15, 0.2) is 11.5 Å². The van der Waals surface area contributed by atoms with Crippen LogP contribution in [0, 0.1) is 0 Å². The first-order valence-electron chi connectivity index (χ1n) is 7.33. The summed E-state index contributed by atoms with van der Waals surface area (Å²) in [7, 11) is 4.72. The van der Waals surface area contributed by atoms with Crippen LogP contribution < -0.4 is 19.6 Å². The maximum atomic E-state index is 12.0. The first-order chi connectivity index (χ1) is 11.7. The monoisotopic (exact) mass is 328 g/mol. The molecule has 0 heterocycles. The van der Waals surface area contributed by atoms with E-state index in [4.69, 9.17) is 14.2 Å². The minimum atomic E-state index is -0.221. The van der Waals surface area contributed by atoms with Gasteiger partial charge in [-0.25, -0.2) is 5.43 Å². The van der Waals surface area contributed by atoms with Crippen molar-refractivity contribution in [1.29, 1.82) is 0 Å². The molecule has 0 aliphatic heterocycles. The lowest BCUT2D eigenvalue weighted by molar-refractivity contribution is -0.120. The summed E-state index contributed by atoms with van der Waals surface area (Å²) >= 11 is 0. The molecule has 0 spiro atoms. The van der Waals surface area contributed by atoms with E-state index in [-0.39, 0.29) is 12.3 Å². The highest BCUT2D eigenvalue weighted by atomic mass is 16.5. The van der Waals surface area contributed by atoms with Crippen molar-refractivity contribution >= 4 is 12.1 Å². The van der Waals surface area contributed by atoms with Gasteiger partial charge in [0.1, 0.15) is 5.75 Å². The minimum absolute atomic E-state index is 0.190. The van der Waals surface area contributed by atoms with Crippen molar-refractivity contribution in [3.05, 3.63) is 53.6 Å². The number of ether oxygens (including phenoxy) is 3. The highest BCUT2D eigenvalue weighted by molar-refractivity contribution is 5.83. The van der Waals surface area contributed by atoms with Gasteiger partial charge in [0.05, 0.1) is 34.0 Å². The molecular weight excluding hydrogens is 308 g/mol. The Morgan fingerprint density at radius 1 is 1.04 bits per heavy atom. The molecule has 24 heavy (non-hydrogen) atoms. The Hall–Kier alpha value is -3.02. The highest BCUT2D eigenvalue weighted by Crippen LogP contribution is 2.27. The van der Waals surface area contributed by atoms with Gasteiger partial charge in [-0.05, 0) is 35.4 Å². The second-order valence-corrected chi connectivity index (χ2v) is 4.94. The van der Waals surface area contributed by atoms with Gasteiger partial charge >= 0.3 is 0 Å². The molecule has 6 heteroatoms. The van der Waals surface area contributed by atoms with E-state index in [9.17, 15) is 4.79 Å². The van der Waals surface area contributed by atoms with Gasteiger partial charge < -0.3 is 14.2 Å². The van der Waals surface area contributed by atoms with Gasteiger partial charge in [-0.3, -0.25) is 4.79 Å². The van der Waals surface area contributed by atoms with Crippen molar-refractivity contribution in [3.63, 3.8) is 0 Å². The number of hydrogen-bond donors (Lipinski definition) is 1. The Morgan fingerprint density at radius 3 is 2.54 bits per heavy atom. The third-order valence-electron chi connectivity index (χ3n) is 3.31. The van der Waals surface area contributed by atoms with E-state index in [1.165, 1.54) is 0 Å². The van der Waals surface area contributed by atoms with Gasteiger partial charge in [-0.15, -0.1) is 0 Å². The van der Waals surface area contributed by atoms with Crippen molar-refractivity contribution in [2.75, 3.05) is 21.3 Å². The number of nitrogens with zero attached hydrogens (tertiary/aromatic N) is 1. The number of benzene rings is 2. The SMILES string of the molecule is COc1cccc(/C=N/NC(=O)Cc2ccc(OC)c(OC)c2)c1. The molecule has 2 rings (SSSR count). The van der Waals surface area contributed by atoms with E-state index in [0.29, 0.717) is 11.5 Å². The third-order valence-corrected chi connectivity index (χ3v) is 3.31. The Labute approximate surface area is 141 Å². The van der Waals surface area contributed by atoms with Crippen LogP contribution in [0.15, 0.2) is 47.6 Å². The van der Waals surface area contributed by atoms with E-state index in [2.05, 4.69) is 10.5 Å². The number of methoxy groups -OCH3 is 3. The lowest BCUT2D eigenvalue weighted by Gasteiger charge is -2.09. The first kappa shape index (κ1) is 17.3. The molecule has 0 saturated heterocycles. The quantitative estimate of drug-likeness (QED) is 0.626. The second kappa shape index (κ2) is 8.57. The van der Waals surface area contributed by atoms with E-state index >= 15 is 0 Å². The van der Waals surface area contributed by atoms with Crippen LogP contribution in [-0.4, -0.2) is 33.5 Å². The standard InChI is InChI=1S/C18H20N2O4/c1-22-15-6-4-5-14(9-15)12-19-20-18(21)11-13-7-8-16(23-2)17(10-13)24-3/h4-10,12H,11H2,1-3H3,(H,20,21)/b19-12+. The Balaban J connectivity index is 1.94. The molecule has 2 aromatic rings. The maximum absolute atomic E-state index is 12.0. The Morgan fingerprint density at radius 2 is 1.83 bits per heavy atom. The summed E-state index contributed by atoms with van der Waals surface area (Å²) in [6.07, 6.45) is 1.75. The molecular formula is C18H20N2O4. The van der Waals surface area contributed by atoms with Crippen LogP contribution in [0.25, 0.3) is 0 Å². The fourth-order valence-corrected chi connectivity index (χ4v) is 2.12. The van der Waals surface area contributed by atoms with E-state index < -0.39 is 0 Å². The van der Waals surface area contributed by atoms with Crippen molar-refractivity contribution in [2.45, 2.75) is 6.42 Å². The van der Waals surface area contributed by atoms with E-state index in [1.807, 2.05) is 30.3 Å². The van der Waals surface area contributed by atoms with Crippen LogP contribution in [-0.2, 0) is 11.2 Å². The molecule has 1 N–H and O–H groups in total. The molecule has 6 nitrogen and oxygen atoms in total. The van der Waals surface area contributed by atoms with Crippen molar-refractivity contribution in [1.82, 2.24) is 5.43 Å². The molecule has 0 bridgehead atoms. The second-order valence-electron chi connectivity index (χ2n) is 4.94. The van der Waals surface area contributed by atoms with Crippen molar-refractivity contribution in [2.24, 2.45) is 5.10 Å². The van der Waals surface area contributed by atoms with Crippen LogP contribution in [0.4, 0.5) is 0 Å². The third kappa shape index (κ3) is 4.74. The molecule has 0 unspecified atom stereocenters. The fourth-order valence-electron chi connectivity index (χ4n) is 2.12. The highest BCUT2D eigenvalue weighted by Gasteiger charge is 2.07. The molecule has 0 atom stereocenters. The van der Waals surface area contributed by atoms with Gasteiger partial charge in [0, 0.05) is 0 Å². The summed E-state index contributed by atoms with van der Waals surface area (Å²) in [5, 5.41) is 3.95. The summed E-state index contributed by atoms with van der Waals surface area (Å²) < 4.78 is 15.5. The number of hydrazone groups is 1. The predicted molar refractivity (Wildman–Crippen MR) is 92.0 cm³/mol. The number of carbonyl (C=O) groups is 1. The number of rotatable bonds is 7. The fraction of sp³-hybridized carbons (Fsp3) is 0.222. The Bertz CT molecular complexity index is 729. The average Bonchev–Trinajstić information content (AvgIpc) is 2.61. The van der Waals surface area contributed by atoms with Gasteiger partial charge in [-0.1, -0.05) is 18.2 Å². The molecule has 1 amide bonds. The van der Waals surface area contributed by atoms with Crippen LogP contribution in [0.1, 0.15) is 11.1 Å².